The summed E-state index contributed by atoms with van der Waals surface area (Å²) in [5.74, 6) is -0.113. The first-order valence-corrected chi connectivity index (χ1v) is 6.19. The predicted molar refractivity (Wildman–Crippen MR) is 69.2 cm³/mol. The highest BCUT2D eigenvalue weighted by Crippen LogP contribution is 2.07. The summed E-state index contributed by atoms with van der Waals surface area (Å²) < 4.78 is 12.6. The van der Waals surface area contributed by atoms with Gasteiger partial charge in [-0.2, -0.15) is 0 Å². The second-order valence-electron chi connectivity index (χ2n) is 4.16. The minimum absolute atomic E-state index is 0.144. The van der Waals surface area contributed by atoms with Crippen molar-refractivity contribution in [1.29, 1.82) is 0 Å². The number of rotatable bonds is 7. The molecule has 1 aromatic carbocycles. The lowest BCUT2D eigenvalue weighted by Crippen LogP contribution is -1.92. The summed E-state index contributed by atoms with van der Waals surface area (Å²) in [7, 11) is 0. The summed E-state index contributed by atoms with van der Waals surface area (Å²) in [6.45, 7) is 2.15. The average Bonchev–Trinajstić information content (AvgIpc) is 2.34. The largest absolute Gasteiger partial charge is 0.295 e. The first-order chi connectivity index (χ1) is 8.22. The van der Waals surface area contributed by atoms with E-state index >= 15 is 0 Å². The van der Waals surface area contributed by atoms with Crippen LogP contribution in [0.15, 0.2) is 30.3 Å². The third kappa shape index (κ3) is 6.00. The molecular weight excluding hydrogens is 215 g/mol. The predicted octanol–water partition coefficient (Wildman–Crippen LogP) is 4.38. The quantitative estimate of drug-likeness (QED) is 0.505. The van der Waals surface area contributed by atoms with Gasteiger partial charge in [0.2, 0.25) is 0 Å². The van der Waals surface area contributed by atoms with Crippen molar-refractivity contribution in [3.05, 3.63) is 41.7 Å². The van der Waals surface area contributed by atoms with Crippen LogP contribution in [0.4, 0.5) is 4.39 Å². The van der Waals surface area contributed by atoms with Crippen LogP contribution in [0.3, 0.4) is 0 Å². The van der Waals surface area contributed by atoms with Crippen LogP contribution in [-0.2, 0) is 4.79 Å². The van der Waals surface area contributed by atoms with E-state index in [-0.39, 0.29) is 11.6 Å². The van der Waals surface area contributed by atoms with Gasteiger partial charge in [0.25, 0.3) is 0 Å². The second-order valence-corrected chi connectivity index (χ2v) is 4.16. The minimum atomic E-state index is -0.256. The van der Waals surface area contributed by atoms with Gasteiger partial charge in [-0.15, -0.1) is 0 Å². The molecule has 0 radical (unpaired) electrons. The van der Waals surface area contributed by atoms with Crippen molar-refractivity contribution in [3.63, 3.8) is 0 Å². The summed E-state index contributed by atoms with van der Waals surface area (Å²) in [5.41, 5.74) is 0.855. The second kappa shape index (κ2) is 7.77. The molecule has 0 bridgehead atoms. The molecule has 0 amide bonds. The Morgan fingerprint density at radius 3 is 2.53 bits per heavy atom. The summed E-state index contributed by atoms with van der Waals surface area (Å²) in [5, 5.41) is 0. The van der Waals surface area contributed by atoms with Gasteiger partial charge in [0.15, 0.2) is 5.78 Å². The Morgan fingerprint density at radius 1 is 1.18 bits per heavy atom. The maximum atomic E-state index is 12.6. The smallest absolute Gasteiger partial charge is 0.155 e. The summed E-state index contributed by atoms with van der Waals surface area (Å²) in [6.07, 6.45) is 8.38. The fraction of sp³-hybridized carbons (Fsp3) is 0.400. The Balaban J connectivity index is 2.32. The van der Waals surface area contributed by atoms with Crippen molar-refractivity contribution >= 4 is 11.9 Å². The standard InChI is InChI=1S/C15H19FO/c1-2-3-4-5-6-15(17)12-9-13-7-10-14(16)11-8-13/h7-12H,2-6H2,1H3/b12-9-. The number of hydrogen-bond acceptors (Lipinski definition) is 1. The average molecular weight is 234 g/mol. The maximum Gasteiger partial charge on any atom is 0.155 e. The zero-order chi connectivity index (χ0) is 12.5. The van der Waals surface area contributed by atoms with Gasteiger partial charge < -0.3 is 0 Å². The molecule has 0 aliphatic heterocycles. The van der Waals surface area contributed by atoms with Crippen molar-refractivity contribution in [1.82, 2.24) is 0 Å². The molecule has 1 rings (SSSR count). The molecular formula is C15H19FO. The highest BCUT2D eigenvalue weighted by atomic mass is 19.1. The van der Waals surface area contributed by atoms with Gasteiger partial charge >= 0.3 is 0 Å². The SMILES string of the molecule is CCCCCCC(=O)/C=C\c1ccc(F)cc1. The number of carbonyl (C=O) groups excluding carboxylic acids is 1. The summed E-state index contributed by atoms with van der Waals surface area (Å²) in [6, 6.07) is 6.11. The normalized spacial score (nSPS) is 10.9. The first kappa shape index (κ1) is 13.6. The van der Waals surface area contributed by atoms with Crippen molar-refractivity contribution in [2.24, 2.45) is 0 Å². The maximum absolute atomic E-state index is 12.6. The molecule has 0 saturated carbocycles. The van der Waals surface area contributed by atoms with Gasteiger partial charge in [0.05, 0.1) is 0 Å². The molecule has 0 saturated heterocycles. The van der Waals surface area contributed by atoms with Gasteiger partial charge in [-0.3, -0.25) is 4.79 Å². The third-order valence-corrected chi connectivity index (χ3v) is 2.61. The molecule has 0 aliphatic carbocycles. The molecule has 92 valence electrons. The lowest BCUT2D eigenvalue weighted by atomic mass is 10.1. The van der Waals surface area contributed by atoms with Crippen LogP contribution in [0.5, 0.6) is 0 Å². The zero-order valence-electron chi connectivity index (χ0n) is 10.3. The fourth-order valence-electron chi connectivity index (χ4n) is 1.57. The molecule has 2 heteroatoms. The molecule has 0 aromatic heterocycles. The van der Waals surface area contributed by atoms with Crippen LogP contribution in [0.1, 0.15) is 44.6 Å². The monoisotopic (exact) mass is 234 g/mol. The van der Waals surface area contributed by atoms with E-state index < -0.39 is 0 Å². The van der Waals surface area contributed by atoms with Crippen molar-refractivity contribution in [2.45, 2.75) is 39.0 Å². The number of unbranched alkanes of at least 4 members (excludes halogenated alkanes) is 3. The van der Waals surface area contributed by atoms with Gasteiger partial charge in [0, 0.05) is 6.42 Å². The van der Waals surface area contributed by atoms with E-state index in [1.807, 2.05) is 0 Å². The number of allylic oxidation sites excluding steroid dienone is 1. The van der Waals surface area contributed by atoms with Crippen LogP contribution in [0, 0.1) is 5.82 Å². The lowest BCUT2D eigenvalue weighted by molar-refractivity contribution is -0.114. The zero-order valence-corrected chi connectivity index (χ0v) is 10.3. The van der Waals surface area contributed by atoms with E-state index in [1.165, 1.54) is 25.0 Å². The molecule has 0 spiro atoms. The van der Waals surface area contributed by atoms with Crippen LogP contribution < -0.4 is 0 Å². The number of carbonyl (C=O) groups is 1. The van der Waals surface area contributed by atoms with Crippen LogP contribution in [0.25, 0.3) is 6.08 Å². The first-order valence-electron chi connectivity index (χ1n) is 6.19. The number of benzene rings is 1. The number of halogens is 1. The van der Waals surface area contributed by atoms with E-state index in [0.717, 1.165) is 18.4 Å². The van der Waals surface area contributed by atoms with Gasteiger partial charge in [-0.05, 0) is 30.2 Å². The van der Waals surface area contributed by atoms with Crippen molar-refractivity contribution in [3.8, 4) is 0 Å². The van der Waals surface area contributed by atoms with E-state index in [2.05, 4.69) is 6.92 Å². The third-order valence-electron chi connectivity index (χ3n) is 2.61. The lowest BCUT2D eigenvalue weighted by Gasteiger charge is -1.96. The molecule has 0 unspecified atom stereocenters. The Morgan fingerprint density at radius 2 is 1.88 bits per heavy atom. The van der Waals surface area contributed by atoms with Crippen LogP contribution >= 0.6 is 0 Å². The Bertz CT molecular complexity index is 365. The van der Waals surface area contributed by atoms with Gasteiger partial charge in [0.1, 0.15) is 5.82 Å². The molecule has 1 nitrogen and oxygen atoms in total. The Labute approximate surface area is 102 Å². The topological polar surface area (TPSA) is 17.1 Å². The highest BCUT2D eigenvalue weighted by molar-refractivity contribution is 5.93. The molecule has 1 aromatic rings. The van der Waals surface area contributed by atoms with E-state index in [4.69, 9.17) is 0 Å². The number of ketones is 1. The van der Waals surface area contributed by atoms with E-state index in [1.54, 1.807) is 24.3 Å². The molecule has 0 atom stereocenters. The molecule has 17 heavy (non-hydrogen) atoms. The molecule has 0 aliphatic rings. The molecule has 0 N–H and O–H groups in total. The van der Waals surface area contributed by atoms with Crippen molar-refractivity contribution < 1.29 is 9.18 Å². The molecule has 0 heterocycles. The highest BCUT2D eigenvalue weighted by Gasteiger charge is 1.96. The Hall–Kier alpha value is -1.44. The van der Waals surface area contributed by atoms with E-state index in [0.29, 0.717) is 6.42 Å². The Kier molecular flexibility index (Phi) is 6.23. The van der Waals surface area contributed by atoms with E-state index in [9.17, 15) is 9.18 Å². The summed E-state index contributed by atoms with van der Waals surface area (Å²) in [4.78, 5) is 11.5. The van der Waals surface area contributed by atoms with Gasteiger partial charge in [-0.1, -0.05) is 44.4 Å². The minimum Gasteiger partial charge on any atom is -0.295 e. The van der Waals surface area contributed by atoms with Crippen molar-refractivity contribution in [2.75, 3.05) is 0 Å². The van der Waals surface area contributed by atoms with Gasteiger partial charge in [-0.25, -0.2) is 4.39 Å². The fourth-order valence-corrected chi connectivity index (χ4v) is 1.57. The van der Waals surface area contributed by atoms with Crippen LogP contribution in [0.2, 0.25) is 0 Å². The summed E-state index contributed by atoms with van der Waals surface area (Å²) >= 11 is 0. The van der Waals surface area contributed by atoms with Crippen LogP contribution in [-0.4, -0.2) is 5.78 Å². The number of hydrogen-bond donors (Lipinski definition) is 0. The molecule has 0 fully saturated rings.